The van der Waals surface area contributed by atoms with Crippen LogP contribution in [-0.4, -0.2) is 12.1 Å². The van der Waals surface area contributed by atoms with Crippen molar-refractivity contribution in [1.82, 2.24) is 5.32 Å². The smallest absolute Gasteiger partial charge is 0.319 e. The van der Waals surface area contributed by atoms with E-state index in [4.69, 9.17) is 0 Å². The first-order chi connectivity index (χ1) is 8.15. The first-order valence-electron chi connectivity index (χ1n) is 5.99. The number of anilines is 1. The maximum Gasteiger partial charge on any atom is 0.319 e. The average Bonchev–Trinajstić information content (AvgIpc) is 2.75. The van der Waals surface area contributed by atoms with Gasteiger partial charge in [0.1, 0.15) is 5.82 Å². The Balaban J connectivity index is 1.93. The van der Waals surface area contributed by atoms with Gasteiger partial charge in [-0.15, -0.1) is 0 Å². The van der Waals surface area contributed by atoms with Crippen LogP contribution in [0.5, 0.6) is 0 Å². The second kappa shape index (κ2) is 5.17. The van der Waals surface area contributed by atoms with Crippen LogP contribution in [0.1, 0.15) is 31.2 Å². The molecule has 0 atom stereocenters. The molecule has 4 heteroatoms. The Hall–Kier alpha value is -1.58. The highest BCUT2D eigenvalue weighted by Gasteiger charge is 2.17. The van der Waals surface area contributed by atoms with E-state index in [2.05, 4.69) is 10.6 Å². The fourth-order valence-electron chi connectivity index (χ4n) is 2.18. The van der Waals surface area contributed by atoms with Crippen molar-refractivity contribution in [3.05, 3.63) is 29.6 Å². The third-order valence-corrected chi connectivity index (χ3v) is 3.13. The fourth-order valence-corrected chi connectivity index (χ4v) is 2.18. The number of urea groups is 1. The molecule has 1 saturated carbocycles. The van der Waals surface area contributed by atoms with E-state index in [1.165, 1.54) is 25.0 Å². The first kappa shape index (κ1) is 11.9. The Bertz CT molecular complexity index is 414. The zero-order chi connectivity index (χ0) is 12.3. The summed E-state index contributed by atoms with van der Waals surface area (Å²) in [7, 11) is 0. The average molecular weight is 236 g/mol. The number of carbonyl (C=O) groups is 1. The highest BCUT2D eigenvalue weighted by Crippen LogP contribution is 2.19. The summed E-state index contributed by atoms with van der Waals surface area (Å²) in [5.41, 5.74) is 1.38. The van der Waals surface area contributed by atoms with Crippen LogP contribution in [0.25, 0.3) is 0 Å². The molecule has 1 aromatic carbocycles. The van der Waals surface area contributed by atoms with Gasteiger partial charge in [0.15, 0.2) is 0 Å². The molecule has 2 amide bonds. The number of rotatable bonds is 2. The molecular formula is C13H17FN2O. The molecule has 0 spiro atoms. The van der Waals surface area contributed by atoms with E-state index >= 15 is 0 Å². The monoisotopic (exact) mass is 236 g/mol. The molecular weight excluding hydrogens is 219 g/mol. The van der Waals surface area contributed by atoms with Crippen LogP contribution in [-0.2, 0) is 0 Å². The third kappa shape index (κ3) is 3.19. The van der Waals surface area contributed by atoms with E-state index in [1.54, 1.807) is 13.0 Å². The van der Waals surface area contributed by atoms with E-state index in [1.807, 2.05) is 0 Å². The van der Waals surface area contributed by atoms with Gasteiger partial charge in [-0.3, -0.25) is 0 Å². The lowest BCUT2D eigenvalue weighted by Gasteiger charge is -2.14. The lowest BCUT2D eigenvalue weighted by molar-refractivity contribution is 0.248. The summed E-state index contributed by atoms with van der Waals surface area (Å²) in [6.45, 7) is 1.77. The van der Waals surface area contributed by atoms with Crippen LogP contribution in [0.15, 0.2) is 18.2 Å². The van der Waals surface area contributed by atoms with Gasteiger partial charge in [0, 0.05) is 11.7 Å². The molecule has 1 aliphatic carbocycles. The molecule has 0 radical (unpaired) electrons. The van der Waals surface area contributed by atoms with Crippen molar-refractivity contribution in [1.29, 1.82) is 0 Å². The summed E-state index contributed by atoms with van der Waals surface area (Å²) in [6.07, 6.45) is 4.46. The molecule has 1 aliphatic rings. The van der Waals surface area contributed by atoms with Crippen LogP contribution in [0.3, 0.4) is 0 Å². The summed E-state index contributed by atoms with van der Waals surface area (Å²) < 4.78 is 12.9. The van der Waals surface area contributed by atoms with Crippen LogP contribution in [0.4, 0.5) is 14.9 Å². The third-order valence-electron chi connectivity index (χ3n) is 3.13. The Labute approximate surface area is 100 Å². The Kier molecular flexibility index (Phi) is 3.61. The molecule has 2 N–H and O–H groups in total. The van der Waals surface area contributed by atoms with Gasteiger partial charge in [0.2, 0.25) is 0 Å². The second-order valence-electron chi connectivity index (χ2n) is 4.54. The maximum absolute atomic E-state index is 12.9. The number of carbonyl (C=O) groups excluding carboxylic acids is 1. The summed E-state index contributed by atoms with van der Waals surface area (Å²) in [4.78, 5) is 11.7. The molecule has 1 aromatic rings. The van der Waals surface area contributed by atoms with E-state index < -0.39 is 0 Å². The van der Waals surface area contributed by atoms with Gasteiger partial charge < -0.3 is 10.6 Å². The van der Waals surface area contributed by atoms with E-state index in [0.717, 1.165) is 18.4 Å². The van der Waals surface area contributed by atoms with Crippen molar-refractivity contribution in [3.63, 3.8) is 0 Å². The zero-order valence-electron chi connectivity index (χ0n) is 9.92. The number of amides is 2. The predicted molar refractivity (Wildman–Crippen MR) is 65.5 cm³/mol. The van der Waals surface area contributed by atoms with Crippen molar-refractivity contribution in [2.45, 2.75) is 38.6 Å². The van der Waals surface area contributed by atoms with Gasteiger partial charge >= 0.3 is 6.03 Å². The summed E-state index contributed by atoms with van der Waals surface area (Å²) in [6, 6.07) is 4.42. The maximum atomic E-state index is 12.9. The largest absolute Gasteiger partial charge is 0.335 e. The quantitative estimate of drug-likeness (QED) is 0.813. The van der Waals surface area contributed by atoms with Crippen molar-refractivity contribution in [2.75, 3.05) is 5.32 Å². The fraction of sp³-hybridized carbons (Fsp3) is 0.462. The number of hydrogen-bond acceptors (Lipinski definition) is 1. The summed E-state index contributed by atoms with van der Waals surface area (Å²) in [5, 5.41) is 5.67. The first-order valence-corrected chi connectivity index (χ1v) is 5.99. The minimum absolute atomic E-state index is 0.202. The molecule has 2 rings (SSSR count). The minimum Gasteiger partial charge on any atom is -0.335 e. The lowest BCUT2D eigenvalue weighted by Crippen LogP contribution is -2.36. The summed E-state index contributed by atoms with van der Waals surface area (Å²) >= 11 is 0. The Morgan fingerprint density at radius 1 is 1.35 bits per heavy atom. The number of halogens is 1. The van der Waals surface area contributed by atoms with Crippen molar-refractivity contribution in [3.8, 4) is 0 Å². The standard InChI is InChI=1S/C13H17FN2O/c1-9-8-10(14)6-7-12(9)16-13(17)15-11-4-2-3-5-11/h6-8,11H,2-5H2,1H3,(H2,15,16,17). The van der Waals surface area contributed by atoms with Gasteiger partial charge in [0.25, 0.3) is 0 Å². The van der Waals surface area contributed by atoms with Gasteiger partial charge in [-0.05, 0) is 43.5 Å². The minimum atomic E-state index is -0.288. The normalized spacial score (nSPS) is 15.9. The number of aryl methyl sites for hydroxylation is 1. The molecule has 0 saturated heterocycles. The van der Waals surface area contributed by atoms with E-state index in [9.17, 15) is 9.18 Å². The van der Waals surface area contributed by atoms with E-state index in [-0.39, 0.29) is 17.9 Å². The molecule has 0 unspecified atom stereocenters. The molecule has 3 nitrogen and oxygen atoms in total. The van der Waals surface area contributed by atoms with Crippen molar-refractivity contribution >= 4 is 11.7 Å². The molecule has 0 aliphatic heterocycles. The molecule has 92 valence electrons. The van der Waals surface area contributed by atoms with Gasteiger partial charge in [-0.25, -0.2) is 9.18 Å². The molecule has 0 heterocycles. The zero-order valence-corrected chi connectivity index (χ0v) is 9.92. The van der Waals surface area contributed by atoms with Gasteiger partial charge in [-0.2, -0.15) is 0 Å². The number of benzene rings is 1. The van der Waals surface area contributed by atoms with E-state index in [0.29, 0.717) is 5.69 Å². The van der Waals surface area contributed by atoms with Crippen LogP contribution >= 0.6 is 0 Å². The van der Waals surface area contributed by atoms with Crippen LogP contribution in [0, 0.1) is 12.7 Å². The van der Waals surface area contributed by atoms with Crippen molar-refractivity contribution < 1.29 is 9.18 Å². The molecule has 17 heavy (non-hydrogen) atoms. The highest BCUT2D eigenvalue weighted by molar-refractivity contribution is 5.90. The summed E-state index contributed by atoms with van der Waals surface area (Å²) in [5.74, 6) is -0.288. The number of hydrogen-bond donors (Lipinski definition) is 2. The SMILES string of the molecule is Cc1cc(F)ccc1NC(=O)NC1CCCC1. The van der Waals surface area contributed by atoms with Crippen LogP contribution < -0.4 is 10.6 Å². The Morgan fingerprint density at radius 3 is 2.71 bits per heavy atom. The highest BCUT2D eigenvalue weighted by atomic mass is 19.1. The number of nitrogens with one attached hydrogen (secondary N) is 2. The molecule has 0 bridgehead atoms. The second-order valence-corrected chi connectivity index (χ2v) is 4.54. The molecule has 0 aromatic heterocycles. The van der Waals surface area contributed by atoms with Crippen molar-refractivity contribution in [2.24, 2.45) is 0 Å². The lowest BCUT2D eigenvalue weighted by atomic mass is 10.2. The predicted octanol–water partition coefficient (Wildman–Crippen LogP) is 3.20. The Morgan fingerprint density at radius 2 is 2.06 bits per heavy atom. The topological polar surface area (TPSA) is 41.1 Å². The van der Waals surface area contributed by atoms with Crippen LogP contribution in [0.2, 0.25) is 0 Å². The van der Waals surface area contributed by atoms with Gasteiger partial charge in [-0.1, -0.05) is 12.8 Å². The molecule has 1 fully saturated rings. The van der Waals surface area contributed by atoms with Gasteiger partial charge in [0.05, 0.1) is 0 Å².